The molecule has 1 aromatic heterocycles. The molecular formula is C12H12BrN3O2. The maximum absolute atomic E-state index is 5.38. The van der Waals surface area contributed by atoms with Crippen LogP contribution in [-0.2, 0) is 13.6 Å². The van der Waals surface area contributed by atoms with Crippen LogP contribution in [0.1, 0.15) is 5.56 Å². The van der Waals surface area contributed by atoms with Crippen molar-refractivity contribution in [3.05, 3.63) is 34.6 Å². The van der Waals surface area contributed by atoms with Gasteiger partial charge in [-0.3, -0.25) is 4.68 Å². The number of nitrogens with zero attached hydrogens (tertiary/aromatic N) is 2. The molecule has 2 heterocycles. The number of halogens is 1. The summed E-state index contributed by atoms with van der Waals surface area (Å²) >= 11 is 3.48. The number of aryl methyl sites for hydroxylation is 1. The van der Waals surface area contributed by atoms with E-state index in [2.05, 4.69) is 26.3 Å². The first kappa shape index (κ1) is 11.4. The van der Waals surface area contributed by atoms with E-state index >= 15 is 0 Å². The number of hydrogen-bond donors (Lipinski definition) is 1. The molecule has 1 aromatic carbocycles. The molecule has 3 rings (SSSR count). The predicted octanol–water partition coefficient (Wildman–Crippen LogP) is 2.52. The summed E-state index contributed by atoms with van der Waals surface area (Å²) in [6.07, 6.45) is 3.73. The first-order valence-corrected chi connectivity index (χ1v) is 6.32. The van der Waals surface area contributed by atoms with Crippen LogP contribution < -0.4 is 14.8 Å². The molecule has 0 radical (unpaired) electrons. The van der Waals surface area contributed by atoms with Crippen LogP contribution in [0.25, 0.3) is 0 Å². The molecule has 0 amide bonds. The second-order valence-electron chi connectivity index (χ2n) is 4.07. The van der Waals surface area contributed by atoms with Crippen LogP contribution in [0.4, 0.5) is 5.69 Å². The highest BCUT2D eigenvalue weighted by Gasteiger charge is 2.17. The maximum atomic E-state index is 5.38. The summed E-state index contributed by atoms with van der Waals surface area (Å²) in [5, 5.41) is 7.40. The van der Waals surface area contributed by atoms with E-state index < -0.39 is 0 Å². The molecule has 2 aromatic rings. The molecule has 0 saturated carbocycles. The van der Waals surface area contributed by atoms with Crippen molar-refractivity contribution in [1.82, 2.24) is 9.78 Å². The van der Waals surface area contributed by atoms with E-state index in [1.54, 1.807) is 10.9 Å². The largest absolute Gasteiger partial charge is 0.454 e. The van der Waals surface area contributed by atoms with Gasteiger partial charge in [0, 0.05) is 19.8 Å². The van der Waals surface area contributed by atoms with Gasteiger partial charge in [0.15, 0.2) is 11.5 Å². The number of aromatic nitrogens is 2. The molecule has 0 aliphatic carbocycles. The summed E-state index contributed by atoms with van der Waals surface area (Å²) in [5.41, 5.74) is 2.11. The molecule has 0 fully saturated rings. The van der Waals surface area contributed by atoms with Crippen molar-refractivity contribution < 1.29 is 9.47 Å². The van der Waals surface area contributed by atoms with Gasteiger partial charge in [0.1, 0.15) is 0 Å². The fourth-order valence-corrected chi connectivity index (χ4v) is 2.44. The maximum Gasteiger partial charge on any atom is 0.231 e. The van der Waals surface area contributed by atoms with Gasteiger partial charge in [0.25, 0.3) is 0 Å². The standard InChI is InChI=1S/C12H12BrN3O2/c1-16-6-9(5-15-16)14-4-8-2-10(13)12-11(3-8)17-7-18-12/h2-3,5-6,14H,4,7H2,1H3. The fourth-order valence-electron chi connectivity index (χ4n) is 1.84. The Labute approximate surface area is 113 Å². The topological polar surface area (TPSA) is 48.3 Å². The second kappa shape index (κ2) is 4.53. The summed E-state index contributed by atoms with van der Waals surface area (Å²) in [5.74, 6) is 1.56. The van der Waals surface area contributed by atoms with E-state index in [0.29, 0.717) is 6.54 Å². The zero-order chi connectivity index (χ0) is 12.5. The Morgan fingerprint density at radius 1 is 1.44 bits per heavy atom. The summed E-state index contributed by atoms with van der Waals surface area (Å²) in [6.45, 7) is 0.994. The van der Waals surface area contributed by atoms with E-state index in [-0.39, 0.29) is 6.79 Å². The molecule has 1 aliphatic heterocycles. The first-order valence-electron chi connectivity index (χ1n) is 5.53. The SMILES string of the molecule is Cn1cc(NCc2cc(Br)c3c(c2)OCO3)cn1. The van der Waals surface area contributed by atoms with Gasteiger partial charge in [-0.1, -0.05) is 0 Å². The zero-order valence-electron chi connectivity index (χ0n) is 9.81. The van der Waals surface area contributed by atoms with E-state index in [4.69, 9.17) is 9.47 Å². The number of anilines is 1. The smallest absolute Gasteiger partial charge is 0.231 e. The van der Waals surface area contributed by atoms with Crippen LogP contribution in [0.2, 0.25) is 0 Å². The summed E-state index contributed by atoms with van der Waals surface area (Å²) in [4.78, 5) is 0. The highest BCUT2D eigenvalue weighted by molar-refractivity contribution is 9.10. The lowest BCUT2D eigenvalue weighted by atomic mass is 10.2. The van der Waals surface area contributed by atoms with Crippen LogP contribution in [-0.4, -0.2) is 16.6 Å². The van der Waals surface area contributed by atoms with Gasteiger partial charge in [-0.2, -0.15) is 5.10 Å². The van der Waals surface area contributed by atoms with Crippen LogP contribution in [0, 0.1) is 0 Å². The number of benzene rings is 1. The van der Waals surface area contributed by atoms with Gasteiger partial charge in [-0.15, -0.1) is 0 Å². The minimum atomic E-state index is 0.285. The quantitative estimate of drug-likeness (QED) is 0.946. The van der Waals surface area contributed by atoms with Gasteiger partial charge in [0.05, 0.1) is 16.4 Å². The van der Waals surface area contributed by atoms with Crippen molar-refractivity contribution in [2.24, 2.45) is 7.05 Å². The van der Waals surface area contributed by atoms with Gasteiger partial charge in [-0.05, 0) is 33.6 Å². The minimum Gasteiger partial charge on any atom is -0.454 e. The number of fused-ring (bicyclic) bond motifs is 1. The van der Waals surface area contributed by atoms with Gasteiger partial charge in [0.2, 0.25) is 6.79 Å². The third-order valence-electron chi connectivity index (χ3n) is 2.69. The van der Waals surface area contributed by atoms with Gasteiger partial charge in [-0.25, -0.2) is 0 Å². The lowest BCUT2D eigenvalue weighted by Gasteiger charge is -2.06. The van der Waals surface area contributed by atoms with Crippen LogP contribution in [0.3, 0.4) is 0 Å². The molecule has 5 nitrogen and oxygen atoms in total. The van der Waals surface area contributed by atoms with Crippen molar-refractivity contribution in [3.63, 3.8) is 0 Å². The summed E-state index contributed by atoms with van der Waals surface area (Å²) < 4.78 is 13.4. The molecule has 0 saturated heterocycles. The first-order chi connectivity index (χ1) is 8.72. The number of ether oxygens (including phenoxy) is 2. The average Bonchev–Trinajstić information content (AvgIpc) is 2.95. The minimum absolute atomic E-state index is 0.285. The number of rotatable bonds is 3. The number of nitrogens with one attached hydrogen (secondary N) is 1. The average molecular weight is 310 g/mol. The lowest BCUT2D eigenvalue weighted by molar-refractivity contribution is 0.173. The molecular weight excluding hydrogens is 298 g/mol. The normalized spacial score (nSPS) is 12.8. The zero-order valence-corrected chi connectivity index (χ0v) is 11.4. The third-order valence-corrected chi connectivity index (χ3v) is 3.28. The van der Waals surface area contributed by atoms with Crippen molar-refractivity contribution in [1.29, 1.82) is 0 Å². The molecule has 1 aliphatic rings. The van der Waals surface area contributed by atoms with Gasteiger partial charge < -0.3 is 14.8 Å². The van der Waals surface area contributed by atoms with E-state index in [0.717, 1.165) is 27.2 Å². The predicted molar refractivity (Wildman–Crippen MR) is 70.8 cm³/mol. The monoisotopic (exact) mass is 309 g/mol. The van der Waals surface area contributed by atoms with Crippen LogP contribution in [0.5, 0.6) is 11.5 Å². The van der Waals surface area contributed by atoms with Crippen molar-refractivity contribution >= 4 is 21.6 Å². The van der Waals surface area contributed by atoms with Crippen molar-refractivity contribution in [3.8, 4) is 11.5 Å². The highest BCUT2D eigenvalue weighted by atomic mass is 79.9. The molecule has 94 valence electrons. The van der Waals surface area contributed by atoms with Gasteiger partial charge >= 0.3 is 0 Å². The summed E-state index contributed by atoms with van der Waals surface area (Å²) in [7, 11) is 1.89. The molecule has 18 heavy (non-hydrogen) atoms. The fraction of sp³-hybridized carbons (Fsp3) is 0.250. The van der Waals surface area contributed by atoms with Crippen molar-refractivity contribution in [2.75, 3.05) is 12.1 Å². The second-order valence-corrected chi connectivity index (χ2v) is 4.92. The Bertz CT molecular complexity index is 583. The molecule has 0 spiro atoms. The molecule has 0 unspecified atom stereocenters. The van der Waals surface area contributed by atoms with Crippen molar-refractivity contribution in [2.45, 2.75) is 6.54 Å². The Morgan fingerprint density at radius 3 is 3.11 bits per heavy atom. The Hall–Kier alpha value is -1.69. The molecule has 0 atom stereocenters. The molecule has 0 bridgehead atoms. The Morgan fingerprint density at radius 2 is 2.33 bits per heavy atom. The van der Waals surface area contributed by atoms with E-state index in [1.807, 2.05) is 25.4 Å². The Balaban J connectivity index is 1.75. The van der Waals surface area contributed by atoms with Crippen LogP contribution >= 0.6 is 15.9 Å². The lowest BCUT2D eigenvalue weighted by Crippen LogP contribution is -1.98. The molecule has 1 N–H and O–H groups in total. The number of hydrogen-bond acceptors (Lipinski definition) is 4. The Kier molecular flexibility index (Phi) is 2.87. The highest BCUT2D eigenvalue weighted by Crippen LogP contribution is 2.40. The van der Waals surface area contributed by atoms with E-state index in [9.17, 15) is 0 Å². The third kappa shape index (κ3) is 2.15. The molecule has 6 heteroatoms. The summed E-state index contributed by atoms with van der Waals surface area (Å²) in [6, 6.07) is 4.01. The van der Waals surface area contributed by atoms with E-state index in [1.165, 1.54) is 0 Å². The van der Waals surface area contributed by atoms with Crippen LogP contribution in [0.15, 0.2) is 29.0 Å².